The first kappa shape index (κ1) is 16.1. The lowest BCUT2D eigenvalue weighted by molar-refractivity contribution is 0.200. The first-order chi connectivity index (χ1) is 19.2. The van der Waals surface area contributed by atoms with Crippen LogP contribution in [0, 0.1) is 0 Å². The number of fused-ring (bicyclic) bond motifs is 4. The van der Waals surface area contributed by atoms with Crippen molar-refractivity contribution in [3.05, 3.63) is 81.0 Å². The third-order valence-electron chi connectivity index (χ3n) is 5.99. The first-order valence-electron chi connectivity index (χ1n) is 13.8. The Hall–Kier alpha value is -3.68. The molecule has 2 aliphatic heterocycles. The van der Waals surface area contributed by atoms with Crippen molar-refractivity contribution in [1.29, 1.82) is 0 Å². The van der Waals surface area contributed by atoms with Crippen molar-refractivity contribution in [2.45, 2.75) is 25.3 Å². The molecule has 0 radical (unpaired) electrons. The number of furan rings is 1. The van der Waals surface area contributed by atoms with Crippen LogP contribution < -0.4 is 15.6 Å². The zero-order chi connectivity index (χ0) is 29.5. The number of rotatable bonds is 3. The topological polar surface area (TPSA) is 98.7 Å². The summed E-state index contributed by atoms with van der Waals surface area (Å²) < 4.78 is 58.7. The van der Waals surface area contributed by atoms with Gasteiger partial charge < -0.3 is 24.6 Å². The number of piperidine rings is 1. The highest BCUT2D eigenvalue weighted by atomic mass is 35.5. The van der Waals surface area contributed by atoms with E-state index in [4.69, 9.17) is 29.1 Å². The molecule has 8 heteroatoms. The molecule has 0 amide bonds. The lowest BCUT2D eigenvalue weighted by Gasteiger charge is -2.32. The van der Waals surface area contributed by atoms with Crippen LogP contribution in [0.2, 0.25) is 5.02 Å². The smallest absolute Gasteiger partial charge is 0.169 e. The molecular formula is C27H23ClN2O5. The van der Waals surface area contributed by atoms with Crippen LogP contribution in [0.1, 0.15) is 43.7 Å². The largest absolute Gasteiger partial charge is 0.508 e. The Morgan fingerprint density at radius 3 is 2.74 bits per heavy atom. The minimum Gasteiger partial charge on any atom is -0.508 e. The molecule has 3 aromatic carbocycles. The van der Waals surface area contributed by atoms with Gasteiger partial charge >= 0.3 is 0 Å². The molecule has 1 saturated heterocycles. The van der Waals surface area contributed by atoms with Crippen LogP contribution in [0.3, 0.4) is 0 Å². The number of nitrogens with zero attached hydrogens (tertiary/aromatic N) is 2. The summed E-state index contributed by atoms with van der Waals surface area (Å²) >= 11 is 6.10. The van der Waals surface area contributed by atoms with E-state index in [0.29, 0.717) is 21.0 Å². The molecule has 35 heavy (non-hydrogen) atoms. The average molecular weight is 497 g/mol. The zero-order valence-corrected chi connectivity index (χ0v) is 18.9. The van der Waals surface area contributed by atoms with E-state index in [2.05, 4.69) is 5.16 Å². The quantitative estimate of drug-likeness (QED) is 0.390. The van der Waals surface area contributed by atoms with Gasteiger partial charge in [-0.1, -0.05) is 28.9 Å². The number of phenolic OH excluding ortho intramolecular Hbond substituents is 3. The van der Waals surface area contributed by atoms with Gasteiger partial charge in [-0.3, -0.25) is 4.90 Å². The first-order valence-corrected chi connectivity index (χ1v) is 11.2. The third kappa shape index (κ3) is 3.96. The maximum Gasteiger partial charge on any atom is 0.169 e. The van der Waals surface area contributed by atoms with E-state index in [1.165, 1.54) is 18.2 Å². The molecule has 1 aromatic heterocycles. The number of hydrogen-bond acceptors (Lipinski definition) is 7. The molecule has 3 N–H and O–H groups in total. The molecule has 0 aliphatic carbocycles. The Bertz CT molecular complexity index is 1830. The Morgan fingerprint density at radius 2 is 1.94 bits per heavy atom. The summed E-state index contributed by atoms with van der Waals surface area (Å²) in [4.78, 5) is 5.85. The van der Waals surface area contributed by atoms with Crippen LogP contribution in [0.5, 0.6) is 23.0 Å². The fraction of sp³-hybridized carbons (Fsp3) is 0.222. The number of hydrogen-bond donors (Lipinski definition) is 3. The highest BCUT2D eigenvalue weighted by Crippen LogP contribution is 2.37. The van der Waals surface area contributed by atoms with E-state index >= 15 is 0 Å². The maximum absolute atomic E-state index is 11.4. The standard InChI is InChI=1S/C27H23ClN2O5/c28-18-3-1-2-16(10-18)15-6-8-30(9-7-15)14-20-21(32)13-23-25(27(20)33)26-24(34-23)11-17-4-5-19(31)12-22(17)35-29-26/h1-5,10-13,15,31-33H,6-9,14H2/i8D2,9D2,14D2. The van der Waals surface area contributed by atoms with Crippen LogP contribution in [0.15, 0.2) is 58.1 Å². The van der Waals surface area contributed by atoms with Crippen LogP contribution in [-0.4, -0.2) is 33.2 Å². The van der Waals surface area contributed by atoms with Gasteiger partial charge in [0, 0.05) is 37.4 Å². The summed E-state index contributed by atoms with van der Waals surface area (Å²) in [6, 6.07) is 12.0. The molecule has 0 unspecified atom stereocenters. The lowest BCUT2D eigenvalue weighted by atomic mass is 9.89. The average Bonchev–Trinajstić information content (AvgIpc) is 3.09. The van der Waals surface area contributed by atoms with Crippen LogP contribution >= 0.6 is 11.6 Å². The van der Waals surface area contributed by atoms with E-state index in [-0.39, 0.29) is 46.1 Å². The number of aromatic hydroxyl groups is 3. The fourth-order valence-electron chi connectivity index (χ4n) is 4.21. The number of halogens is 1. The van der Waals surface area contributed by atoms with Gasteiger partial charge in [0.2, 0.25) is 0 Å². The van der Waals surface area contributed by atoms with Crippen LogP contribution in [0.25, 0.3) is 17.0 Å². The fourth-order valence-corrected chi connectivity index (χ4v) is 4.40. The van der Waals surface area contributed by atoms with Gasteiger partial charge in [0.05, 0.1) is 10.9 Å². The van der Waals surface area contributed by atoms with Crippen molar-refractivity contribution in [1.82, 2.24) is 4.90 Å². The molecule has 0 bridgehead atoms. The van der Waals surface area contributed by atoms with Crippen molar-refractivity contribution in [2.24, 2.45) is 5.16 Å². The Kier molecular flexibility index (Phi) is 3.91. The molecule has 3 heterocycles. The summed E-state index contributed by atoms with van der Waals surface area (Å²) in [6.45, 7) is -8.18. The van der Waals surface area contributed by atoms with Crippen LogP contribution in [0.4, 0.5) is 0 Å². The van der Waals surface area contributed by atoms with Gasteiger partial charge in [-0.2, -0.15) is 0 Å². The second kappa shape index (κ2) is 8.52. The summed E-state index contributed by atoms with van der Waals surface area (Å²) in [7, 11) is 0. The molecule has 6 rings (SSSR count). The van der Waals surface area contributed by atoms with Gasteiger partial charge in [0.15, 0.2) is 16.5 Å². The second-order valence-electron chi connectivity index (χ2n) is 8.28. The van der Waals surface area contributed by atoms with E-state index < -0.39 is 42.5 Å². The zero-order valence-electron chi connectivity index (χ0n) is 24.1. The predicted molar refractivity (Wildman–Crippen MR) is 131 cm³/mol. The SMILES string of the molecule is [2H]C1([2H])CC(c2cccc(Cl)c2)CC([2H])([2H])N1C([2H])([2H])c1c(O)cc2oc3c(c2c1O)=NOc1cc(O)ccc1C=3. The molecular weight excluding hydrogens is 468 g/mol. The van der Waals surface area contributed by atoms with E-state index in [9.17, 15) is 15.3 Å². The van der Waals surface area contributed by atoms with Gasteiger partial charge in [0.25, 0.3) is 0 Å². The van der Waals surface area contributed by atoms with Crippen molar-refractivity contribution >= 4 is 28.6 Å². The normalized spacial score (nSPS) is 21.9. The molecule has 7 nitrogen and oxygen atoms in total. The summed E-state index contributed by atoms with van der Waals surface area (Å²) in [6.07, 6.45) is 0.976. The number of likely N-dealkylation sites (tertiary alicyclic amines) is 1. The van der Waals surface area contributed by atoms with Crippen molar-refractivity contribution in [3.8, 4) is 23.0 Å². The third-order valence-corrected chi connectivity index (χ3v) is 6.22. The molecule has 4 aromatic rings. The van der Waals surface area contributed by atoms with Gasteiger partial charge in [-0.15, -0.1) is 0 Å². The van der Waals surface area contributed by atoms with Crippen molar-refractivity contribution < 1.29 is 32.8 Å². The monoisotopic (exact) mass is 496 g/mol. The van der Waals surface area contributed by atoms with Gasteiger partial charge in [-0.05, 0) is 67.7 Å². The van der Waals surface area contributed by atoms with Crippen molar-refractivity contribution in [3.63, 3.8) is 0 Å². The molecule has 0 spiro atoms. The van der Waals surface area contributed by atoms with E-state index in [0.717, 1.165) is 6.07 Å². The minimum atomic E-state index is -3.05. The summed E-state index contributed by atoms with van der Waals surface area (Å²) in [5.74, 6) is -2.07. The summed E-state index contributed by atoms with van der Waals surface area (Å²) in [5.41, 5.74) is 0.418. The highest BCUT2D eigenvalue weighted by molar-refractivity contribution is 6.30. The lowest BCUT2D eigenvalue weighted by Crippen LogP contribution is -2.32. The second-order valence-corrected chi connectivity index (χ2v) is 8.72. The molecule has 2 aliphatic rings. The Labute approximate surface area is 214 Å². The predicted octanol–water partition coefficient (Wildman–Crippen LogP) is 4.34. The van der Waals surface area contributed by atoms with Gasteiger partial charge in [-0.25, -0.2) is 0 Å². The van der Waals surface area contributed by atoms with Crippen LogP contribution in [-0.2, 0) is 6.50 Å². The highest BCUT2D eigenvalue weighted by Gasteiger charge is 2.25. The van der Waals surface area contributed by atoms with E-state index in [1.54, 1.807) is 30.3 Å². The minimum absolute atomic E-state index is 0.0316. The van der Waals surface area contributed by atoms with E-state index in [1.807, 2.05) is 0 Å². The summed E-state index contributed by atoms with van der Waals surface area (Å²) in [5, 5.41) is 36.4. The molecule has 0 saturated carbocycles. The molecule has 1 fully saturated rings. The van der Waals surface area contributed by atoms with Gasteiger partial charge in [0.1, 0.15) is 22.8 Å². The number of phenols is 3. The molecule has 0 atom stereocenters. The number of benzene rings is 3. The maximum atomic E-state index is 11.4. The molecule has 178 valence electrons. The Morgan fingerprint density at radius 1 is 1.11 bits per heavy atom. The van der Waals surface area contributed by atoms with Crippen molar-refractivity contribution in [2.75, 3.05) is 13.0 Å². The Balaban J connectivity index is 1.48.